The van der Waals surface area contributed by atoms with Crippen LogP contribution in [-0.2, 0) is 0 Å². The van der Waals surface area contributed by atoms with E-state index in [-0.39, 0.29) is 0 Å². The van der Waals surface area contributed by atoms with E-state index in [2.05, 4.69) is 152 Å². The summed E-state index contributed by atoms with van der Waals surface area (Å²) >= 11 is 0. The summed E-state index contributed by atoms with van der Waals surface area (Å²) in [5.41, 5.74) is 11.3. The minimum atomic E-state index is 0.585. The van der Waals surface area contributed by atoms with Crippen molar-refractivity contribution in [3.63, 3.8) is 0 Å². The second-order valence-corrected chi connectivity index (χ2v) is 13.2. The van der Waals surface area contributed by atoms with Gasteiger partial charge < -0.3 is 4.42 Å². The highest BCUT2D eigenvalue weighted by Gasteiger charge is 2.18. The van der Waals surface area contributed by atoms with Gasteiger partial charge in [0.15, 0.2) is 17.5 Å². The van der Waals surface area contributed by atoms with Gasteiger partial charge in [-0.05, 0) is 68.4 Å². The number of aromatic nitrogens is 3. The molecule has 0 bridgehead atoms. The molecule has 2 aromatic heterocycles. The molecular weight excluding hydrogens is 647 g/mol. The van der Waals surface area contributed by atoms with Gasteiger partial charge in [0.1, 0.15) is 11.2 Å². The summed E-state index contributed by atoms with van der Waals surface area (Å²) in [7, 11) is 0. The Balaban J connectivity index is 1.11. The number of fused-ring (bicyclic) bond motifs is 4. The number of hydrogen-bond acceptors (Lipinski definition) is 4. The van der Waals surface area contributed by atoms with E-state index in [0.717, 1.165) is 55.3 Å². The lowest BCUT2D eigenvalue weighted by molar-refractivity contribution is 0.669. The predicted octanol–water partition coefficient (Wildman–Crippen LogP) is 12.9. The molecule has 0 N–H and O–H groups in total. The van der Waals surface area contributed by atoms with Crippen LogP contribution in [0.1, 0.15) is 0 Å². The molecule has 248 valence electrons. The van der Waals surface area contributed by atoms with E-state index in [1.54, 1.807) is 0 Å². The van der Waals surface area contributed by atoms with Crippen LogP contribution in [0.2, 0.25) is 0 Å². The van der Waals surface area contributed by atoms with Crippen LogP contribution in [-0.4, -0.2) is 15.0 Å². The molecule has 0 saturated heterocycles. The second-order valence-electron chi connectivity index (χ2n) is 13.2. The van der Waals surface area contributed by atoms with Gasteiger partial charge in [0, 0.05) is 27.5 Å². The minimum absolute atomic E-state index is 0.585. The van der Waals surface area contributed by atoms with Gasteiger partial charge in [0.2, 0.25) is 0 Å². The summed E-state index contributed by atoms with van der Waals surface area (Å²) in [5.74, 6) is 1.81. The van der Waals surface area contributed by atoms with Crippen molar-refractivity contribution >= 4 is 32.7 Å². The molecule has 10 rings (SSSR count). The highest BCUT2D eigenvalue weighted by atomic mass is 16.3. The molecule has 0 spiro atoms. The molecule has 0 radical (unpaired) electrons. The van der Waals surface area contributed by atoms with Gasteiger partial charge in [0.05, 0.1) is 0 Å². The van der Waals surface area contributed by atoms with Gasteiger partial charge in [-0.1, -0.05) is 164 Å². The number of benzene rings is 8. The minimum Gasteiger partial charge on any atom is -0.456 e. The summed E-state index contributed by atoms with van der Waals surface area (Å²) < 4.78 is 6.58. The quantitative estimate of drug-likeness (QED) is 0.176. The molecule has 53 heavy (non-hydrogen) atoms. The van der Waals surface area contributed by atoms with Gasteiger partial charge in [-0.3, -0.25) is 0 Å². The topological polar surface area (TPSA) is 51.8 Å². The van der Waals surface area contributed by atoms with Gasteiger partial charge >= 0.3 is 0 Å². The molecule has 0 aliphatic rings. The monoisotopic (exact) mass is 677 g/mol. The molecule has 8 aromatic carbocycles. The van der Waals surface area contributed by atoms with Crippen LogP contribution in [0.5, 0.6) is 0 Å². The number of hydrogen-bond donors (Lipinski definition) is 0. The Hall–Kier alpha value is -7.17. The van der Waals surface area contributed by atoms with Crippen molar-refractivity contribution in [1.82, 2.24) is 15.0 Å². The summed E-state index contributed by atoms with van der Waals surface area (Å²) in [6.07, 6.45) is 0. The number of furan rings is 1. The van der Waals surface area contributed by atoms with Gasteiger partial charge in [0.25, 0.3) is 0 Å². The zero-order chi connectivity index (χ0) is 35.1. The van der Waals surface area contributed by atoms with E-state index in [9.17, 15) is 0 Å². The average Bonchev–Trinajstić information content (AvgIpc) is 3.62. The Morgan fingerprint density at radius 3 is 1.66 bits per heavy atom. The molecule has 4 heteroatoms. The van der Waals surface area contributed by atoms with Crippen LogP contribution in [0.25, 0.3) is 100 Å². The highest BCUT2D eigenvalue weighted by Crippen LogP contribution is 2.41. The van der Waals surface area contributed by atoms with Crippen molar-refractivity contribution in [2.75, 3.05) is 0 Å². The van der Waals surface area contributed by atoms with E-state index < -0.39 is 0 Å². The maximum absolute atomic E-state index is 6.58. The molecule has 0 saturated carbocycles. The van der Waals surface area contributed by atoms with Crippen LogP contribution in [0.3, 0.4) is 0 Å². The summed E-state index contributed by atoms with van der Waals surface area (Å²) in [6.45, 7) is 0. The lowest BCUT2D eigenvalue weighted by atomic mass is 9.92. The third kappa shape index (κ3) is 5.54. The maximum atomic E-state index is 6.58. The summed E-state index contributed by atoms with van der Waals surface area (Å²) in [5, 5.41) is 4.54. The van der Waals surface area contributed by atoms with Crippen LogP contribution >= 0.6 is 0 Å². The number of rotatable bonds is 6. The smallest absolute Gasteiger partial charge is 0.164 e. The Kier molecular flexibility index (Phi) is 7.43. The number of nitrogens with zero attached hydrogens (tertiary/aromatic N) is 3. The van der Waals surface area contributed by atoms with Crippen LogP contribution in [0.4, 0.5) is 0 Å². The van der Waals surface area contributed by atoms with Crippen molar-refractivity contribution in [1.29, 1.82) is 0 Å². The van der Waals surface area contributed by atoms with E-state index in [1.165, 1.54) is 27.5 Å². The lowest BCUT2D eigenvalue weighted by Gasteiger charge is -2.11. The van der Waals surface area contributed by atoms with E-state index in [4.69, 9.17) is 19.4 Å². The molecule has 0 aliphatic heterocycles. The van der Waals surface area contributed by atoms with E-state index in [1.807, 2.05) is 36.4 Å². The third-order valence-electron chi connectivity index (χ3n) is 9.95. The van der Waals surface area contributed by atoms with Crippen molar-refractivity contribution in [2.45, 2.75) is 0 Å². The highest BCUT2D eigenvalue weighted by molar-refractivity contribution is 6.14. The first-order valence-electron chi connectivity index (χ1n) is 17.8. The first kappa shape index (κ1) is 30.6. The van der Waals surface area contributed by atoms with E-state index in [0.29, 0.717) is 17.5 Å². The standard InChI is InChI=1S/C49H31N3O/c1-3-14-32(15-4-1)39-23-9-10-24-41(39)42-26-13-27-44-46(42)43-29-28-37(31-45(43)53-44)49-51-47(34-17-5-2-6-18-34)50-48(52-49)36-21-11-20-35(30-36)40-25-12-19-33-16-7-8-22-38(33)40/h1-31H. The summed E-state index contributed by atoms with van der Waals surface area (Å²) in [4.78, 5) is 15.2. The summed E-state index contributed by atoms with van der Waals surface area (Å²) in [6, 6.07) is 65.2. The SMILES string of the molecule is c1ccc(-c2nc(-c3cccc(-c4cccc5ccccc45)c3)nc(-c3ccc4c(c3)oc3cccc(-c5ccccc5-c5ccccc5)c34)n2)cc1. The van der Waals surface area contributed by atoms with Crippen molar-refractivity contribution in [3.8, 4) is 67.5 Å². The second kappa shape index (κ2) is 12.9. The zero-order valence-corrected chi connectivity index (χ0v) is 28.6. The lowest BCUT2D eigenvalue weighted by Crippen LogP contribution is -2.00. The fourth-order valence-corrected chi connectivity index (χ4v) is 7.43. The molecule has 10 aromatic rings. The molecule has 0 amide bonds. The fraction of sp³-hybridized carbons (Fsp3) is 0. The van der Waals surface area contributed by atoms with E-state index >= 15 is 0 Å². The van der Waals surface area contributed by atoms with Crippen LogP contribution < -0.4 is 0 Å². The molecular formula is C49H31N3O. The molecule has 2 heterocycles. The molecule has 0 atom stereocenters. The molecule has 0 aliphatic carbocycles. The van der Waals surface area contributed by atoms with Gasteiger partial charge in [-0.15, -0.1) is 0 Å². The normalized spacial score (nSPS) is 11.4. The van der Waals surface area contributed by atoms with Crippen molar-refractivity contribution in [2.24, 2.45) is 0 Å². The van der Waals surface area contributed by atoms with Crippen LogP contribution in [0.15, 0.2) is 192 Å². The maximum Gasteiger partial charge on any atom is 0.164 e. The Labute approximate surface area is 306 Å². The first-order valence-corrected chi connectivity index (χ1v) is 17.8. The van der Waals surface area contributed by atoms with Gasteiger partial charge in [-0.2, -0.15) is 0 Å². The van der Waals surface area contributed by atoms with Crippen LogP contribution in [0, 0.1) is 0 Å². The fourth-order valence-electron chi connectivity index (χ4n) is 7.43. The third-order valence-corrected chi connectivity index (χ3v) is 9.95. The predicted molar refractivity (Wildman–Crippen MR) is 217 cm³/mol. The molecule has 4 nitrogen and oxygen atoms in total. The average molecular weight is 678 g/mol. The first-order chi connectivity index (χ1) is 26.3. The Morgan fingerprint density at radius 2 is 0.849 bits per heavy atom. The zero-order valence-electron chi connectivity index (χ0n) is 28.6. The molecule has 0 fully saturated rings. The van der Waals surface area contributed by atoms with Gasteiger partial charge in [-0.25, -0.2) is 15.0 Å². The Morgan fingerprint density at radius 1 is 0.302 bits per heavy atom. The van der Waals surface area contributed by atoms with Crippen molar-refractivity contribution in [3.05, 3.63) is 188 Å². The largest absolute Gasteiger partial charge is 0.456 e. The molecule has 0 unspecified atom stereocenters. The Bertz CT molecular complexity index is 2940. The van der Waals surface area contributed by atoms with Crippen molar-refractivity contribution < 1.29 is 4.42 Å².